The van der Waals surface area contributed by atoms with Crippen LogP contribution in [-0.2, 0) is 5.60 Å². The Morgan fingerprint density at radius 3 is 2.00 bits per heavy atom. The maximum Gasteiger partial charge on any atom is 0.165 e. The number of benzene rings is 2. The second kappa shape index (κ2) is 5.69. The van der Waals surface area contributed by atoms with E-state index in [1.54, 1.807) is 18.2 Å². The molecule has 0 aliphatic heterocycles. The molecule has 0 saturated heterocycles. The van der Waals surface area contributed by atoms with Crippen molar-refractivity contribution in [2.24, 2.45) is 0 Å². The van der Waals surface area contributed by atoms with Gasteiger partial charge in [0.2, 0.25) is 0 Å². The molecule has 0 fully saturated rings. The molecule has 5 heteroatoms. The van der Waals surface area contributed by atoms with Crippen LogP contribution in [0.3, 0.4) is 0 Å². The highest BCUT2D eigenvalue weighted by Crippen LogP contribution is 2.42. The predicted molar refractivity (Wildman–Crippen MR) is 74.6 cm³/mol. The number of hydrogen-bond donors (Lipinski definition) is 1. The SMILES string of the molecule is COc1cccc(OC)c1C(C)(O)c1cccc(F)c1F. The summed E-state index contributed by atoms with van der Waals surface area (Å²) in [5, 5.41) is 10.8. The molecule has 0 aliphatic rings. The van der Waals surface area contributed by atoms with Gasteiger partial charge in [0, 0.05) is 5.56 Å². The summed E-state index contributed by atoms with van der Waals surface area (Å²) in [6, 6.07) is 8.56. The van der Waals surface area contributed by atoms with Gasteiger partial charge >= 0.3 is 0 Å². The number of hydrogen-bond acceptors (Lipinski definition) is 3. The van der Waals surface area contributed by atoms with Gasteiger partial charge in [-0.25, -0.2) is 8.78 Å². The van der Waals surface area contributed by atoms with Gasteiger partial charge < -0.3 is 14.6 Å². The molecule has 112 valence electrons. The van der Waals surface area contributed by atoms with Crippen molar-refractivity contribution < 1.29 is 23.4 Å². The zero-order valence-electron chi connectivity index (χ0n) is 12.0. The molecule has 2 aromatic carbocycles. The molecular formula is C16H16F2O3. The van der Waals surface area contributed by atoms with Crippen molar-refractivity contribution in [3.05, 3.63) is 59.2 Å². The van der Waals surface area contributed by atoms with Crippen molar-refractivity contribution in [2.75, 3.05) is 14.2 Å². The molecule has 0 radical (unpaired) electrons. The first kappa shape index (κ1) is 15.3. The zero-order valence-corrected chi connectivity index (χ0v) is 12.0. The smallest absolute Gasteiger partial charge is 0.165 e. The zero-order chi connectivity index (χ0) is 15.6. The minimum atomic E-state index is -1.82. The number of methoxy groups -OCH3 is 2. The summed E-state index contributed by atoms with van der Waals surface area (Å²) in [6.07, 6.45) is 0. The van der Waals surface area contributed by atoms with Crippen LogP contribution in [0.4, 0.5) is 8.78 Å². The van der Waals surface area contributed by atoms with E-state index in [4.69, 9.17) is 9.47 Å². The quantitative estimate of drug-likeness (QED) is 0.941. The van der Waals surface area contributed by atoms with E-state index < -0.39 is 17.2 Å². The average Bonchev–Trinajstić information content (AvgIpc) is 2.48. The fraction of sp³-hybridized carbons (Fsp3) is 0.250. The van der Waals surface area contributed by atoms with Gasteiger partial charge in [-0.3, -0.25) is 0 Å². The van der Waals surface area contributed by atoms with Crippen molar-refractivity contribution in [1.29, 1.82) is 0 Å². The summed E-state index contributed by atoms with van der Waals surface area (Å²) in [5.74, 6) is -1.48. The van der Waals surface area contributed by atoms with Crippen LogP contribution in [0.25, 0.3) is 0 Å². The van der Waals surface area contributed by atoms with Crippen LogP contribution >= 0.6 is 0 Å². The van der Waals surface area contributed by atoms with Crippen LogP contribution in [0.1, 0.15) is 18.1 Å². The molecule has 0 aliphatic carbocycles. The Labute approximate surface area is 121 Å². The third-order valence-electron chi connectivity index (χ3n) is 3.39. The first-order valence-electron chi connectivity index (χ1n) is 6.31. The standard InChI is InChI=1S/C16H16F2O3/c1-16(19,10-6-4-7-11(17)15(10)18)14-12(20-2)8-5-9-13(14)21-3/h4-9,19H,1-3H3. The Bertz CT molecular complexity index is 632. The number of halogens is 2. The Morgan fingerprint density at radius 2 is 1.48 bits per heavy atom. The number of aliphatic hydroxyl groups is 1. The topological polar surface area (TPSA) is 38.7 Å². The lowest BCUT2D eigenvalue weighted by Crippen LogP contribution is -2.26. The van der Waals surface area contributed by atoms with E-state index >= 15 is 0 Å². The second-order valence-corrected chi connectivity index (χ2v) is 4.71. The molecular weight excluding hydrogens is 278 g/mol. The van der Waals surface area contributed by atoms with Crippen molar-refractivity contribution in [3.8, 4) is 11.5 Å². The summed E-state index contributed by atoms with van der Waals surface area (Å²) >= 11 is 0. The Kier molecular flexibility index (Phi) is 4.14. The van der Waals surface area contributed by atoms with Gasteiger partial charge in [0.1, 0.15) is 17.1 Å². The lowest BCUT2D eigenvalue weighted by molar-refractivity contribution is 0.0906. The summed E-state index contributed by atoms with van der Waals surface area (Å²) < 4.78 is 37.9. The molecule has 0 aromatic heterocycles. The van der Waals surface area contributed by atoms with Crippen LogP contribution in [0.2, 0.25) is 0 Å². The van der Waals surface area contributed by atoms with E-state index in [9.17, 15) is 13.9 Å². The van der Waals surface area contributed by atoms with E-state index in [1.165, 1.54) is 33.3 Å². The second-order valence-electron chi connectivity index (χ2n) is 4.71. The Hall–Kier alpha value is -2.14. The minimum Gasteiger partial charge on any atom is -0.496 e. The summed E-state index contributed by atoms with van der Waals surface area (Å²) in [7, 11) is 2.85. The molecule has 21 heavy (non-hydrogen) atoms. The molecule has 2 aromatic rings. The monoisotopic (exact) mass is 294 g/mol. The normalized spacial score (nSPS) is 13.6. The van der Waals surface area contributed by atoms with E-state index in [0.717, 1.165) is 6.07 Å². The minimum absolute atomic E-state index is 0.190. The van der Waals surface area contributed by atoms with Gasteiger partial charge in [0.25, 0.3) is 0 Å². The maximum atomic E-state index is 14.0. The number of rotatable bonds is 4. The molecule has 0 bridgehead atoms. The molecule has 0 amide bonds. The van der Waals surface area contributed by atoms with Crippen LogP contribution < -0.4 is 9.47 Å². The molecule has 1 unspecified atom stereocenters. The van der Waals surface area contributed by atoms with Gasteiger partial charge in [-0.2, -0.15) is 0 Å². The molecule has 1 N–H and O–H groups in total. The summed E-state index contributed by atoms with van der Waals surface area (Å²) in [5.41, 5.74) is -1.77. The molecule has 3 nitrogen and oxygen atoms in total. The highest BCUT2D eigenvalue weighted by molar-refractivity contribution is 5.52. The third kappa shape index (κ3) is 2.56. The van der Waals surface area contributed by atoms with Crippen molar-refractivity contribution in [1.82, 2.24) is 0 Å². The molecule has 1 atom stereocenters. The summed E-state index contributed by atoms with van der Waals surface area (Å²) in [4.78, 5) is 0. The van der Waals surface area contributed by atoms with E-state index in [0.29, 0.717) is 11.5 Å². The van der Waals surface area contributed by atoms with Gasteiger partial charge in [-0.15, -0.1) is 0 Å². The first-order chi connectivity index (χ1) is 9.93. The van der Waals surface area contributed by atoms with Gasteiger partial charge in [0.05, 0.1) is 19.8 Å². The van der Waals surface area contributed by atoms with Gasteiger partial charge in [-0.05, 0) is 25.1 Å². The lowest BCUT2D eigenvalue weighted by Gasteiger charge is -2.28. The van der Waals surface area contributed by atoms with Gasteiger partial charge in [-0.1, -0.05) is 18.2 Å². The van der Waals surface area contributed by atoms with Crippen LogP contribution in [0, 0.1) is 11.6 Å². The molecule has 0 spiro atoms. The Morgan fingerprint density at radius 1 is 0.952 bits per heavy atom. The van der Waals surface area contributed by atoms with Gasteiger partial charge in [0.15, 0.2) is 11.6 Å². The van der Waals surface area contributed by atoms with E-state index in [1.807, 2.05) is 0 Å². The number of ether oxygens (including phenoxy) is 2. The van der Waals surface area contributed by atoms with Crippen LogP contribution in [0.15, 0.2) is 36.4 Å². The summed E-state index contributed by atoms with van der Waals surface area (Å²) in [6.45, 7) is 1.37. The Balaban J connectivity index is 2.72. The highest BCUT2D eigenvalue weighted by atomic mass is 19.2. The first-order valence-corrected chi connectivity index (χ1v) is 6.31. The van der Waals surface area contributed by atoms with Crippen LogP contribution in [-0.4, -0.2) is 19.3 Å². The average molecular weight is 294 g/mol. The van der Waals surface area contributed by atoms with Crippen molar-refractivity contribution in [3.63, 3.8) is 0 Å². The largest absolute Gasteiger partial charge is 0.496 e. The van der Waals surface area contributed by atoms with Crippen molar-refractivity contribution in [2.45, 2.75) is 12.5 Å². The third-order valence-corrected chi connectivity index (χ3v) is 3.39. The fourth-order valence-corrected chi connectivity index (χ4v) is 2.35. The molecule has 0 saturated carbocycles. The lowest BCUT2D eigenvalue weighted by atomic mass is 9.86. The molecule has 2 rings (SSSR count). The highest BCUT2D eigenvalue weighted by Gasteiger charge is 2.35. The van der Waals surface area contributed by atoms with E-state index in [2.05, 4.69) is 0 Å². The molecule has 0 heterocycles. The predicted octanol–water partition coefficient (Wildman–Crippen LogP) is 3.24. The van der Waals surface area contributed by atoms with Crippen molar-refractivity contribution >= 4 is 0 Å². The van der Waals surface area contributed by atoms with E-state index in [-0.39, 0.29) is 11.1 Å². The maximum absolute atomic E-state index is 14.0. The fourth-order valence-electron chi connectivity index (χ4n) is 2.35. The van der Waals surface area contributed by atoms with Crippen LogP contribution in [0.5, 0.6) is 11.5 Å².